The lowest BCUT2D eigenvalue weighted by Crippen LogP contribution is -2.10. The number of rotatable bonds is 4. The second kappa shape index (κ2) is 4.48. The molecule has 0 aliphatic carbocycles. The maximum Gasteiger partial charge on any atom is 0.0942 e. The van der Waals surface area contributed by atoms with Crippen molar-refractivity contribution in [1.82, 2.24) is 0 Å². The fourth-order valence-electron chi connectivity index (χ4n) is 0.804. The van der Waals surface area contributed by atoms with Gasteiger partial charge in [0, 0.05) is 0 Å². The van der Waals surface area contributed by atoms with Crippen LogP contribution in [0.2, 0.25) is 0 Å². The van der Waals surface area contributed by atoms with Gasteiger partial charge in [0.05, 0.1) is 6.04 Å². The smallest absolute Gasteiger partial charge is 0.0942 e. The quantitative estimate of drug-likeness (QED) is 0.536. The molecule has 0 aromatic rings. The molecular weight excluding hydrogens is 114 g/mol. The van der Waals surface area contributed by atoms with E-state index in [2.05, 4.69) is 12.1 Å². The molecule has 0 aliphatic heterocycles. The molecule has 0 N–H and O–H groups in total. The first-order valence-corrected chi connectivity index (χ1v) is 3.54. The van der Waals surface area contributed by atoms with Gasteiger partial charge < -0.3 is 0 Å². The third-order valence-corrected chi connectivity index (χ3v) is 1.49. The monoisotopic (exact) mass is 129 g/mol. The molecule has 0 amide bonds. The minimum absolute atomic E-state index is 0.0370. The van der Waals surface area contributed by atoms with E-state index in [1.807, 2.05) is 13.8 Å². The largest absolute Gasteiger partial charge is 0.151 e. The highest BCUT2D eigenvalue weighted by Gasteiger charge is 2.10. The molecule has 2 heteroatoms. The molecule has 0 heterocycles. The summed E-state index contributed by atoms with van der Waals surface area (Å²) in [6, 6.07) is 0.0370. The van der Waals surface area contributed by atoms with Gasteiger partial charge in [0.2, 0.25) is 0 Å². The Morgan fingerprint density at radius 2 is 2.00 bits per heavy atom. The summed E-state index contributed by atoms with van der Waals surface area (Å²) < 4.78 is 0. The fourth-order valence-corrected chi connectivity index (χ4v) is 0.804. The van der Waals surface area contributed by atoms with Crippen LogP contribution in [0.25, 0.3) is 0 Å². The van der Waals surface area contributed by atoms with E-state index in [0.717, 1.165) is 12.8 Å². The van der Waals surface area contributed by atoms with Gasteiger partial charge in [-0.15, -0.1) is 0 Å². The minimum Gasteiger partial charge on any atom is -0.151 e. The minimum atomic E-state index is 0.0370. The zero-order valence-corrected chi connectivity index (χ0v) is 6.42. The fraction of sp³-hybridized carbons (Fsp3) is 1.00. The Labute approximate surface area is 56.6 Å². The zero-order chi connectivity index (χ0) is 7.28. The van der Waals surface area contributed by atoms with Crippen LogP contribution in [-0.4, -0.2) is 6.04 Å². The second-order valence-electron chi connectivity index (χ2n) is 2.71. The molecule has 0 spiro atoms. The summed E-state index contributed by atoms with van der Waals surface area (Å²) in [5, 5.41) is 3.03. The third kappa shape index (κ3) is 3.22. The summed E-state index contributed by atoms with van der Waals surface area (Å²) >= 11 is 0. The van der Waals surface area contributed by atoms with Crippen LogP contribution in [-0.2, 0) is 0 Å². The van der Waals surface area contributed by atoms with Crippen molar-refractivity contribution in [1.29, 1.82) is 0 Å². The molecule has 0 aromatic heterocycles. The van der Waals surface area contributed by atoms with Crippen LogP contribution < -0.4 is 0 Å². The van der Waals surface area contributed by atoms with Crippen LogP contribution in [0.4, 0.5) is 0 Å². The van der Waals surface area contributed by atoms with Crippen molar-refractivity contribution in [2.45, 2.75) is 39.7 Å². The van der Waals surface area contributed by atoms with Crippen molar-refractivity contribution < 1.29 is 0 Å². The predicted octanol–water partition coefficient (Wildman–Crippen LogP) is 2.58. The molecule has 1 unspecified atom stereocenters. The first kappa shape index (κ1) is 8.60. The summed E-state index contributed by atoms with van der Waals surface area (Å²) in [5.41, 5.74) is 0. The van der Waals surface area contributed by atoms with Gasteiger partial charge in [0.1, 0.15) is 0 Å². The lowest BCUT2D eigenvalue weighted by Gasteiger charge is -2.09. The molecule has 0 saturated heterocycles. The zero-order valence-electron chi connectivity index (χ0n) is 6.42. The molecule has 0 fully saturated rings. The number of nitroso groups, excluding NO2 is 1. The molecule has 0 bridgehead atoms. The van der Waals surface area contributed by atoms with Gasteiger partial charge >= 0.3 is 0 Å². The van der Waals surface area contributed by atoms with Gasteiger partial charge in [-0.3, -0.25) is 0 Å². The molecule has 2 nitrogen and oxygen atoms in total. The molecule has 1 atom stereocenters. The highest BCUT2D eigenvalue weighted by molar-refractivity contribution is 4.67. The molecule has 54 valence electrons. The normalized spacial score (nSPS) is 13.8. The van der Waals surface area contributed by atoms with Crippen LogP contribution in [0.1, 0.15) is 33.6 Å². The number of hydrogen-bond donors (Lipinski definition) is 0. The van der Waals surface area contributed by atoms with Gasteiger partial charge in [-0.1, -0.05) is 32.4 Å². The van der Waals surface area contributed by atoms with Crippen LogP contribution in [0.15, 0.2) is 5.18 Å². The van der Waals surface area contributed by atoms with E-state index in [0.29, 0.717) is 5.92 Å². The Morgan fingerprint density at radius 3 is 2.11 bits per heavy atom. The van der Waals surface area contributed by atoms with E-state index >= 15 is 0 Å². The molecule has 9 heavy (non-hydrogen) atoms. The maximum atomic E-state index is 10.1. The standard InChI is InChI=1S/C7H15NO/c1-4-5-7(8-9)6(2)3/h6-7H,4-5H2,1-3H3. The Bertz CT molecular complexity index is 81.0. The highest BCUT2D eigenvalue weighted by atomic mass is 16.3. The lowest BCUT2D eigenvalue weighted by molar-refractivity contribution is 0.459. The molecule has 0 aliphatic rings. The predicted molar refractivity (Wildman–Crippen MR) is 39.3 cm³/mol. The van der Waals surface area contributed by atoms with E-state index in [-0.39, 0.29) is 6.04 Å². The first-order chi connectivity index (χ1) is 4.22. The summed E-state index contributed by atoms with van der Waals surface area (Å²) in [7, 11) is 0. The average molecular weight is 129 g/mol. The highest BCUT2D eigenvalue weighted by Crippen LogP contribution is 2.11. The summed E-state index contributed by atoms with van der Waals surface area (Å²) in [5.74, 6) is 0.405. The SMILES string of the molecule is CCCC(N=O)C(C)C. The van der Waals surface area contributed by atoms with Crippen molar-refractivity contribution in [3.05, 3.63) is 4.91 Å². The Kier molecular flexibility index (Phi) is 4.28. The van der Waals surface area contributed by atoms with E-state index in [1.54, 1.807) is 0 Å². The van der Waals surface area contributed by atoms with Gasteiger partial charge in [-0.25, -0.2) is 0 Å². The van der Waals surface area contributed by atoms with Crippen LogP contribution in [0, 0.1) is 10.8 Å². The molecule has 0 aromatic carbocycles. The summed E-state index contributed by atoms with van der Waals surface area (Å²) in [6.07, 6.45) is 1.98. The third-order valence-electron chi connectivity index (χ3n) is 1.49. The lowest BCUT2D eigenvalue weighted by atomic mass is 10.0. The van der Waals surface area contributed by atoms with Gasteiger partial charge in [0.25, 0.3) is 0 Å². The Morgan fingerprint density at radius 1 is 1.44 bits per heavy atom. The van der Waals surface area contributed by atoms with Gasteiger partial charge in [-0.2, -0.15) is 4.91 Å². The van der Waals surface area contributed by atoms with E-state index in [9.17, 15) is 4.91 Å². The topological polar surface area (TPSA) is 29.4 Å². The molecule has 0 saturated carbocycles. The van der Waals surface area contributed by atoms with E-state index < -0.39 is 0 Å². The van der Waals surface area contributed by atoms with Crippen LogP contribution in [0.3, 0.4) is 0 Å². The van der Waals surface area contributed by atoms with Crippen LogP contribution in [0.5, 0.6) is 0 Å². The summed E-state index contributed by atoms with van der Waals surface area (Å²) in [6.45, 7) is 6.13. The Hall–Kier alpha value is -0.400. The van der Waals surface area contributed by atoms with Crippen LogP contribution >= 0.6 is 0 Å². The van der Waals surface area contributed by atoms with Gasteiger partial charge in [0.15, 0.2) is 0 Å². The van der Waals surface area contributed by atoms with Crippen molar-refractivity contribution in [3.8, 4) is 0 Å². The molecular formula is C7H15NO. The number of hydrogen-bond acceptors (Lipinski definition) is 2. The van der Waals surface area contributed by atoms with Crippen molar-refractivity contribution in [3.63, 3.8) is 0 Å². The Balaban J connectivity index is 3.54. The maximum absolute atomic E-state index is 10.1. The van der Waals surface area contributed by atoms with Crippen molar-refractivity contribution in [2.75, 3.05) is 0 Å². The average Bonchev–Trinajstić information content (AvgIpc) is 1.82. The van der Waals surface area contributed by atoms with E-state index in [1.165, 1.54) is 0 Å². The molecule has 0 rings (SSSR count). The van der Waals surface area contributed by atoms with E-state index in [4.69, 9.17) is 0 Å². The second-order valence-corrected chi connectivity index (χ2v) is 2.71. The van der Waals surface area contributed by atoms with Gasteiger partial charge in [-0.05, 0) is 12.3 Å². The first-order valence-electron chi connectivity index (χ1n) is 3.54. The van der Waals surface area contributed by atoms with Crippen molar-refractivity contribution >= 4 is 0 Å². The summed E-state index contributed by atoms with van der Waals surface area (Å²) in [4.78, 5) is 10.1. The molecule has 0 radical (unpaired) electrons. The van der Waals surface area contributed by atoms with Crippen molar-refractivity contribution in [2.24, 2.45) is 11.1 Å². The number of nitrogens with zero attached hydrogens (tertiary/aromatic N) is 1.